The normalized spacial score (nSPS) is 21.7. The Bertz CT molecular complexity index is 599. The van der Waals surface area contributed by atoms with Crippen LogP contribution in [0.15, 0.2) is 12.1 Å². The van der Waals surface area contributed by atoms with E-state index in [1.807, 2.05) is 0 Å². The fraction of sp³-hybridized carbons (Fsp3) is 0.462. The molecule has 8 heteroatoms. The van der Waals surface area contributed by atoms with E-state index in [1.54, 1.807) is 0 Å². The number of benzene rings is 1. The van der Waals surface area contributed by atoms with Gasteiger partial charge in [-0.1, -0.05) is 0 Å². The van der Waals surface area contributed by atoms with Crippen molar-refractivity contribution in [3.63, 3.8) is 0 Å². The van der Waals surface area contributed by atoms with Crippen LogP contribution in [-0.4, -0.2) is 30.4 Å². The second-order valence-corrected chi connectivity index (χ2v) is 5.05. The number of fused-ring (bicyclic) bond motifs is 3. The molecule has 2 aliphatic heterocycles. The lowest BCUT2D eigenvalue weighted by molar-refractivity contribution is -0.138. The third-order valence-electron chi connectivity index (χ3n) is 3.83. The molecule has 0 bridgehead atoms. The maximum atomic E-state index is 13.1. The SMILES string of the molecule is O=C1c2c(cc(C(F)F)cc2C(F)(F)F)[C@H]2CNCCN12. The maximum absolute atomic E-state index is 13.1. The number of nitrogens with zero attached hydrogens (tertiary/aromatic N) is 1. The van der Waals surface area contributed by atoms with E-state index in [1.165, 1.54) is 4.90 Å². The van der Waals surface area contributed by atoms with Gasteiger partial charge in [0, 0.05) is 25.2 Å². The first-order valence-corrected chi connectivity index (χ1v) is 6.35. The summed E-state index contributed by atoms with van der Waals surface area (Å²) in [4.78, 5) is 13.5. The summed E-state index contributed by atoms with van der Waals surface area (Å²) in [5, 5.41) is 2.96. The minimum atomic E-state index is -4.84. The summed E-state index contributed by atoms with van der Waals surface area (Å²) in [6.07, 6.45) is -7.86. The van der Waals surface area contributed by atoms with Gasteiger partial charge in [-0.15, -0.1) is 0 Å². The molecule has 3 rings (SSSR count). The minimum Gasteiger partial charge on any atom is -0.329 e. The largest absolute Gasteiger partial charge is 0.417 e. The van der Waals surface area contributed by atoms with Gasteiger partial charge >= 0.3 is 6.18 Å². The Morgan fingerprint density at radius 3 is 2.62 bits per heavy atom. The zero-order chi connectivity index (χ0) is 15.4. The van der Waals surface area contributed by atoms with Crippen LogP contribution in [0.2, 0.25) is 0 Å². The maximum Gasteiger partial charge on any atom is 0.417 e. The van der Waals surface area contributed by atoms with Crippen molar-refractivity contribution < 1.29 is 26.7 Å². The summed E-state index contributed by atoms with van der Waals surface area (Å²) >= 11 is 0. The number of hydrogen-bond acceptors (Lipinski definition) is 2. The zero-order valence-corrected chi connectivity index (χ0v) is 10.7. The molecule has 0 unspecified atom stereocenters. The average molecular weight is 306 g/mol. The van der Waals surface area contributed by atoms with Crippen LogP contribution < -0.4 is 5.32 Å². The quantitative estimate of drug-likeness (QED) is 0.809. The van der Waals surface area contributed by atoms with Crippen molar-refractivity contribution in [2.24, 2.45) is 0 Å². The van der Waals surface area contributed by atoms with Crippen molar-refractivity contribution in [3.8, 4) is 0 Å². The molecule has 0 aromatic heterocycles. The topological polar surface area (TPSA) is 32.3 Å². The lowest BCUT2D eigenvalue weighted by Gasteiger charge is -2.30. The van der Waals surface area contributed by atoms with E-state index in [-0.39, 0.29) is 18.7 Å². The number of alkyl halides is 5. The van der Waals surface area contributed by atoms with Crippen LogP contribution in [0, 0.1) is 0 Å². The molecular formula is C13H11F5N2O. The third kappa shape index (κ3) is 2.17. The summed E-state index contributed by atoms with van der Waals surface area (Å²) < 4.78 is 65.0. The Morgan fingerprint density at radius 1 is 1.29 bits per heavy atom. The number of nitrogens with one attached hydrogen (secondary N) is 1. The first kappa shape index (κ1) is 14.2. The summed E-state index contributed by atoms with van der Waals surface area (Å²) in [6.45, 7) is 1.00. The fourth-order valence-electron chi connectivity index (χ4n) is 2.91. The molecule has 0 spiro atoms. The molecule has 1 aromatic rings. The van der Waals surface area contributed by atoms with Gasteiger partial charge in [0.15, 0.2) is 0 Å². The summed E-state index contributed by atoms with van der Waals surface area (Å²) in [5.41, 5.74) is -2.42. The minimum absolute atomic E-state index is 0.0392. The van der Waals surface area contributed by atoms with Crippen LogP contribution in [0.25, 0.3) is 0 Å². The van der Waals surface area contributed by atoms with E-state index >= 15 is 0 Å². The number of amides is 1. The van der Waals surface area contributed by atoms with E-state index in [0.717, 1.165) is 6.07 Å². The van der Waals surface area contributed by atoms with Gasteiger partial charge in [-0.2, -0.15) is 13.2 Å². The van der Waals surface area contributed by atoms with E-state index in [4.69, 9.17) is 0 Å². The van der Waals surface area contributed by atoms with Crippen LogP contribution in [0.3, 0.4) is 0 Å². The molecule has 1 fully saturated rings. The monoisotopic (exact) mass is 306 g/mol. The number of rotatable bonds is 1. The van der Waals surface area contributed by atoms with Crippen molar-refractivity contribution in [1.82, 2.24) is 10.2 Å². The molecule has 2 heterocycles. The second kappa shape index (κ2) is 4.66. The Balaban J connectivity index is 2.22. The van der Waals surface area contributed by atoms with Crippen molar-refractivity contribution in [3.05, 3.63) is 34.4 Å². The standard InChI is InChI=1S/C13H11F5N2O/c14-11(15)6-3-7-9-5-19-1-2-20(9)12(21)10(7)8(4-6)13(16,17)18/h3-4,9,11,19H,1-2,5H2/t9-/m1/s1. The van der Waals surface area contributed by atoms with E-state index in [2.05, 4.69) is 5.32 Å². The van der Waals surface area contributed by atoms with Crippen LogP contribution in [0.1, 0.15) is 39.5 Å². The van der Waals surface area contributed by atoms with Crippen molar-refractivity contribution in [2.75, 3.05) is 19.6 Å². The number of hydrogen-bond donors (Lipinski definition) is 1. The average Bonchev–Trinajstić information content (AvgIpc) is 2.71. The predicted molar refractivity (Wildman–Crippen MR) is 63.0 cm³/mol. The molecule has 1 atom stereocenters. The first-order chi connectivity index (χ1) is 9.80. The van der Waals surface area contributed by atoms with E-state index in [0.29, 0.717) is 12.6 Å². The first-order valence-electron chi connectivity index (χ1n) is 6.35. The molecule has 0 radical (unpaired) electrons. The highest BCUT2D eigenvalue weighted by molar-refractivity contribution is 6.01. The molecule has 0 saturated carbocycles. The number of carbonyl (C=O) groups is 1. The van der Waals surface area contributed by atoms with Gasteiger partial charge in [0.1, 0.15) is 0 Å². The zero-order valence-electron chi connectivity index (χ0n) is 10.7. The second-order valence-electron chi connectivity index (χ2n) is 5.05. The van der Waals surface area contributed by atoms with Gasteiger partial charge in [-0.3, -0.25) is 4.79 Å². The summed E-state index contributed by atoms with van der Waals surface area (Å²) in [5.74, 6) is -0.732. The number of halogens is 5. The molecule has 2 aliphatic rings. The third-order valence-corrected chi connectivity index (χ3v) is 3.83. The van der Waals surface area contributed by atoms with Crippen molar-refractivity contribution in [1.29, 1.82) is 0 Å². The number of carbonyl (C=O) groups excluding carboxylic acids is 1. The van der Waals surface area contributed by atoms with Crippen LogP contribution in [-0.2, 0) is 6.18 Å². The Kier molecular flexibility index (Phi) is 3.16. The molecule has 3 nitrogen and oxygen atoms in total. The van der Waals surface area contributed by atoms with E-state index < -0.39 is 41.2 Å². The fourth-order valence-corrected chi connectivity index (χ4v) is 2.91. The van der Waals surface area contributed by atoms with E-state index in [9.17, 15) is 26.7 Å². The van der Waals surface area contributed by atoms with Gasteiger partial charge in [0.2, 0.25) is 0 Å². The Hall–Kier alpha value is -1.70. The van der Waals surface area contributed by atoms with Crippen LogP contribution in [0.5, 0.6) is 0 Å². The van der Waals surface area contributed by atoms with Gasteiger partial charge in [-0.05, 0) is 17.7 Å². The summed E-state index contributed by atoms with van der Waals surface area (Å²) in [7, 11) is 0. The molecule has 1 saturated heterocycles. The highest BCUT2D eigenvalue weighted by Gasteiger charge is 2.46. The predicted octanol–water partition coefficient (Wildman–Crippen LogP) is 2.74. The summed E-state index contributed by atoms with van der Waals surface area (Å²) in [6, 6.07) is 0.791. The highest BCUT2D eigenvalue weighted by atomic mass is 19.4. The smallest absolute Gasteiger partial charge is 0.329 e. The molecule has 0 aliphatic carbocycles. The molecular weight excluding hydrogens is 295 g/mol. The van der Waals surface area contributed by atoms with Gasteiger partial charge in [-0.25, -0.2) is 8.78 Å². The van der Waals surface area contributed by atoms with Gasteiger partial charge in [0.25, 0.3) is 12.3 Å². The van der Waals surface area contributed by atoms with Gasteiger partial charge in [0.05, 0.1) is 17.2 Å². The van der Waals surface area contributed by atoms with Crippen LogP contribution in [0.4, 0.5) is 22.0 Å². The molecule has 1 N–H and O–H groups in total. The molecule has 1 aromatic carbocycles. The van der Waals surface area contributed by atoms with Gasteiger partial charge < -0.3 is 10.2 Å². The highest BCUT2D eigenvalue weighted by Crippen LogP contribution is 2.43. The Labute approximate surface area is 116 Å². The molecule has 1 amide bonds. The number of piperazine rings is 1. The molecule has 114 valence electrons. The lowest BCUT2D eigenvalue weighted by atomic mass is 9.95. The lowest BCUT2D eigenvalue weighted by Crippen LogP contribution is -2.44. The Morgan fingerprint density at radius 2 is 2.00 bits per heavy atom. The van der Waals surface area contributed by atoms with Crippen molar-refractivity contribution in [2.45, 2.75) is 18.6 Å². The molecule has 21 heavy (non-hydrogen) atoms. The van der Waals surface area contributed by atoms with Crippen molar-refractivity contribution >= 4 is 5.91 Å². The van der Waals surface area contributed by atoms with Crippen LogP contribution >= 0.6 is 0 Å².